The van der Waals surface area contributed by atoms with Crippen LogP contribution in [0.1, 0.15) is 6.92 Å². The molecular weight excluding hydrogens is 217 g/mol. The van der Waals surface area contributed by atoms with E-state index in [9.17, 15) is 30.7 Å². The molecule has 0 aliphatic rings. The molecule has 0 rings (SSSR count). The summed E-state index contributed by atoms with van der Waals surface area (Å²) in [4.78, 5) is 0. The molecule has 0 amide bonds. The second-order valence-electron chi connectivity index (χ2n) is 2.76. The SMILES string of the molecule is C=CC(F)(C(F)C(F)(F)F)C(C)(F)F. The minimum atomic E-state index is -5.69. The summed E-state index contributed by atoms with van der Waals surface area (Å²) in [5.74, 6) is -4.50. The molecule has 0 radical (unpaired) electrons. The summed E-state index contributed by atoms with van der Waals surface area (Å²) in [6.45, 7) is 2.29. The average Bonchev–Trinajstić information content (AvgIpc) is 1.97. The highest BCUT2D eigenvalue weighted by molar-refractivity contribution is 5.11. The van der Waals surface area contributed by atoms with Gasteiger partial charge in [0.25, 0.3) is 5.92 Å². The molecule has 0 heterocycles. The maximum Gasteiger partial charge on any atom is 0.423 e. The van der Waals surface area contributed by atoms with E-state index in [1.807, 2.05) is 0 Å². The van der Waals surface area contributed by atoms with Crippen molar-refractivity contribution in [1.29, 1.82) is 0 Å². The summed E-state index contributed by atoms with van der Waals surface area (Å²) in [5.41, 5.74) is -4.44. The third-order valence-electron chi connectivity index (χ3n) is 1.63. The van der Waals surface area contributed by atoms with Gasteiger partial charge < -0.3 is 0 Å². The van der Waals surface area contributed by atoms with E-state index in [0.29, 0.717) is 0 Å². The van der Waals surface area contributed by atoms with Crippen LogP contribution in [0, 0.1) is 0 Å². The van der Waals surface area contributed by atoms with Gasteiger partial charge in [-0.1, -0.05) is 6.58 Å². The largest absolute Gasteiger partial charge is 0.423 e. The van der Waals surface area contributed by atoms with E-state index in [2.05, 4.69) is 6.58 Å². The summed E-state index contributed by atoms with van der Waals surface area (Å²) in [6, 6.07) is 0. The monoisotopic (exact) mass is 224 g/mol. The molecule has 0 fully saturated rings. The van der Waals surface area contributed by atoms with Gasteiger partial charge in [-0.15, -0.1) is 0 Å². The Hall–Kier alpha value is -0.750. The first kappa shape index (κ1) is 13.2. The van der Waals surface area contributed by atoms with Crippen LogP contribution in [0.4, 0.5) is 30.7 Å². The molecule has 0 aliphatic heterocycles. The van der Waals surface area contributed by atoms with Crippen molar-refractivity contribution in [2.75, 3.05) is 0 Å². The Morgan fingerprint density at radius 3 is 1.50 bits per heavy atom. The smallest absolute Gasteiger partial charge is 0.233 e. The summed E-state index contributed by atoms with van der Waals surface area (Å²) < 4.78 is 85.1. The molecule has 0 aliphatic carbocycles. The van der Waals surface area contributed by atoms with Crippen LogP contribution in [-0.4, -0.2) is 23.9 Å². The van der Waals surface area contributed by atoms with Gasteiger partial charge in [0, 0.05) is 6.92 Å². The lowest BCUT2D eigenvalue weighted by molar-refractivity contribution is -0.245. The Morgan fingerprint density at radius 2 is 1.43 bits per heavy atom. The van der Waals surface area contributed by atoms with Crippen molar-refractivity contribution in [3.63, 3.8) is 0 Å². The molecule has 0 saturated carbocycles. The maximum atomic E-state index is 13.0. The number of hydrogen-bond donors (Lipinski definition) is 0. The molecule has 0 nitrogen and oxygen atoms in total. The lowest BCUT2D eigenvalue weighted by Gasteiger charge is -2.31. The molecule has 0 bridgehead atoms. The van der Waals surface area contributed by atoms with Gasteiger partial charge in [-0.25, -0.2) is 17.6 Å². The fourth-order valence-electron chi connectivity index (χ4n) is 0.743. The van der Waals surface area contributed by atoms with Crippen LogP contribution in [0.15, 0.2) is 12.7 Å². The Bertz CT molecular complexity index is 213. The van der Waals surface area contributed by atoms with Gasteiger partial charge in [0.15, 0.2) is 0 Å². The third kappa shape index (κ3) is 2.19. The topological polar surface area (TPSA) is 0 Å². The highest BCUT2D eigenvalue weighted by Gasteiger charge is 2.64. The van der Waals surface area contributed by atoms with Crippen LogP contribution in [0.25, 0.3) is 0 Å². The number of rotatable bonds is 3. The Morgan fingerprint density at radius 1 is 1.07 bits per heavy atom. The lowest BCUT2D eigenvalue weighted by atomic mass is 9.93. The average molecular weight is 224 g/mol. The second-order valence-corrected chi connectivity index (χ2v) is 2.76. The van der Waals surface area contributed by atoms with Gasteiger partial charge in [-0.05, 0) is 6.08 Å². The molecular formula is C7H7F7. The first-order chi connectivity index (χ1) is 5.97. The predicted octanol–water partition coefficient (Wildman–Crippen LogP) is 3.44. The van der Waals surface area contributed by atoms with Gasteiger partial charge in [-0.3, -0.25) is 0 Å². The molecule has 2 unspecified atom stereocenters. The molecule has 0 aromatic rings. The third-order valence-corrected chi connectivity index (χ3v) is 1.63. The maximum absolute atomic E-state index is 13.0. The van der Waals surface area contributed by atoms with Gasteiger partial charge in [0.2, 0.25) is 11.8 Å². The van der Waals surface area contributed by atoms with Crippen LogP contribution in [0.2, 0.25) is 0 Å². The van der Waals surface area contributed by atoms with Crippen LogP contribution in [0.3, 0.4) is 0 Å². The molecule has 84 valence electrons. The van der Waals surface area contributed by atoms with E-state index < -0.39 is 23.9 Å². The van der Waals surface area contributed by atoms with Crippen molar-refractivity contribution in [3.8, 4) is 0 Å². The molecule has 0 spiro atoms. The van der Waals surface area contributed by atoms with Crippen LogP contribution >= 0.6 is 0 Å². The van der Waals surface area contributed by atoms with Crippen molar-refractivity contribution in [3.05, 3.63) is 12.7 Å². The zero-order valence-corrected chi connectivity index (χ0v) is 7.01. The normalized spacial score (nSPS) is 20.0. The molecule has 0 saturated heterocycles. The fourth-order valence-corrected chi connectivity index (χ4v) is 0.743. The molecule has 7 heteroatoms. The Balaban J connectivity index is 5.17. The zero-order chi connectivity index (χ0) is 11.8. The van der Waals surface area contributed by atoms with Crippen LogP contribution in [-0.2, 0) is 0 Å². The van der Waals surface area contributed by atoms with Crippen LogP contribution < -0.4 is 0 Å². The van der Waals surface area contributed by atoms with Gasteiger partial charge in [0.1, 0.15) is 0 Å². The van der Waals surface area contributed by atoms with Crippen molar-refractivity contribution in [2.45, 2.75) is 30.9 Å². The van der Waals surface area contributed by atoms with Gasteiger partial charge in [0.05, 0.1) is 0 Å². The van der Waals surface area contributed by atoms with E-state index in [0.717, 1.165) is 0 Å². The highest BCUT2D eigenvalue weighted by atomic mass is 19.4. The second kappa shape index (κ2) is 3.43. The minimum absolute atomic E-state index is 0.146. The van der Waals surface area contributed by atoms with Gasteiger partial charge in [-0.2, -0.15) is 13.2 Å². The summed E-state index contributed by atoms with van der Waals surface area (Å²) in [6.07, 6.45) is -10.4. The summed E-state index contributed by atoms with van der Waals surface area (Å²) >= 11 is 0. The first-order valence-corrected chi connectivity index (χ1v) is 3.38. The summed E-state index contributed by atoms with van der Waals surface area (Å²) in [5, 5.41) is 0. The molecule has 14 heavy (non-hydrogen) atoms. The van der Waals surface area contributed by atoms with E-state index in [4.69, 9.17) is 0 Å². The highest BCUT2D eigenvalue weighted by Crippen LogP contribution is 2.43. The number of halogens is 7. The van der Waals surface area contributed by atoms with E-state index in [1.54, 1.807) is 0 Å². The van der Waals surface area contributed by atoms with Crippen molar-refractivity contribution in [1.82, 2.24) is 0 Å². The summed E-state index contributed by atoms with van der Waals surface area (Å²) in [7, 11) is 0. The molecule has 0 N–H and O–H groups in total. The number of alkyl halides is 7. The standard InChI is InChI=1S/C7H7F7/c1-3-6(11,5(2,9)10)4(8)7(12,13)14/h3-4H,1H2,2H3. The molecule has 2 atom stereocenters. The van der Waals surface area contributed by atoms with E-state index in [-0.39, 0.29) is 13.0 Å². The van der Waals surface area contributed by atoms with E-state index in [1.165, 1.54) is 0 Å². The fraction of sp³-hybridized carbons (Fsp3) is 0.714. The van der Waals surface area contributed by atoms with Crippen molar-refractivity contribution in [2.24, 2.45) is 0 Å². The Labute approximate surface area is 75.4 Å². The quantitative estimate of drug-likeness (QED) is 0.508. The zero-order valence-electron chi connectivity index (χ0n) is 7.01. The first-order valence-electron chi connectivity index (χ1n) is 3.38. The predicted molar refractivity (Wildman–Crippen MR) is 35.6 cm³/mol. The van der Waals surface area contributed by atoms with Gasteiger partial charge >= 0.3 is 6.18 Å². The Kier molecular flexibility index (Phi) is 3.25. The van der Waals surface area contributed by atoms with Crippen molar-refractivity contribution >= 4 is 0 Å². The lowest BCUT2D eigenvalue weighted by Crippen LogP contribution is -2.53. The van der Waals surface area contributed by atoms with Crippen LogP contribution in [0.5, 0.6) is 0 Å². The molecule has 0 aromatic carbocycles. The van der Waals surface area contributed by atoms with Crippen molar-refractivity contribution < 1.29 is 30.7 Å². The molecule has 0 aromatic heterocycles. The number of hydrogen-bond acceptors (Lipinski definition) is 0. The minimum Gasteiger partial charge on any atom is -0.233 e. The number of allylic oxidation sites excluding steroid dienone is 1. The van der Waals surface area contributed by atoms with E-state index >= 15 is 0 Å².